The van der Waals surface area contributed by atoms with E-state index in [1.165, 1.54) is 11.3 Å². The fourth-order valence-electron chi connectivity index (χ4n) is 2.50. The average molecular weight is 357 g/mol. The molecule has 1 aromatic carbocycles. The van der Waals surface area contributed by atoms with Crippen molar-refractivity contribution < 1.29 is 14.1 Å². The fraction of sp³-hybridized carbons (Fsp3) is 0.278. The maximum atomic E-state index is 12.1. The monoisotopic (exact) mass is 357 g/mol. The Balaban J connectivity index is 1.59. The van der Waals surface area contributed by atoms with Crippen LogP contribution in [0.25, 0.3) is 11.3 Å². The first-order valence-electron chi connectivity index (χ1n) is 7.88. The number of nitrogens with zero attached hydrogens (tertiary/aromatic N) is 2. The number of nitrogens with one attached hydrogen (secondary N) is 1. The van der Waals surface area contributed by atoms with Gasteiger partial charge in [0.2, 0.25) is 5.91 Å². The Morgan fingerprint density at radius 1 is 1.28 bits per heavy atom. The first-order chi connectivity index (χ1) is 12.1. The van der Waals surface area contributed by atoms with Crippen molar-refractivity contribution in [3.63, 3.8) is 0 Å². The number of thiazole rings is 1. The van der Waals surface area contributed by atoms with Crippen LogP contribution in [0.4, 0.5) is 5.13 Å². The summed E-state index contributed by atoms with van der Waals surface area (Å²) in [5, 5.41) is 9.26. The number of hydrogen-bond acceptors (Lipinski definition) is 6. The zero-order chi connectivity index (χ0) is 17.8. The first-order valence-corrected chi connectivity index (χ1v) is 8.76. The molecular formula is C18H19N3O3S. The minimum absolute atomic E-state index is 0.0735. The largest absolute Gasteiger partial charge is 0.497 e. The third kappa shape index (κ3) is 4.06. The molecule has 1 amide bonds. The highest BCUT2D eigenvalue weighted by Crippen LogP contribution is 2.26. The van der Waals surface area contributed by atoms with Gasteiger partial charge < -0.3 is 14.6 Å². The van der Waals surface area contributed by atoms with Gasteiger partial charge >= 0.3 is 0 Å². The summed E-state index contributed by atoms with van der Waals surface area (Å²) >= 11 is 1.41. The van der Waals surface area contributed by atoms with E-state index in [-0.39, 0.29) is 5.91 Å². The topological polar surface area (TPSA) is 77.2 Å². The van der Waals surface area contributed by atoms with Crippen molar-refractivity contribution in [2.24, 2.45) is 0 Å². The summed E-state index contributed by atoms with van der Waals surface area (Å²) in [6.07, 6.45) is 0.962. The maximum Gasteiger partial charge on any atom is 0.226 e. The Bertz CT molecular complexity index is 849. The Labute approximate surface area is 149 Å². The van der Waals surface area contributed by atoms with E-state index in [1.807, 2.05) is 43.5 Å². The van der Waals surface area contributed by atoms with Crippen LogP contribution in [-0.4, -0.2) is 23.2 Å². The van der Waals surface area contributed by atoms with Gasteiger partial charge in [-0.25, -0.2) is 4.98 Å². The number of hydrogen-bond donors (Lipinski definition) is 1. The van der Waals surface area contributed by atoms with Gasteiger partial charge in [-0.3, -0.25) is 4.79 Å². The Hall–Kier alpha value is -2.67. The third-order valence-corrected chi connectivity index (χ3v) is 4.68. The van der Waals surface area contributed by atoms with Gasteiger partial charge in [0, 0.05) is 22.9 Å². The van der Waals surface area contributed by atoms with Gasteiger partial charge in [-0.15, -0.1) is 11.3 Å². The van der Waals surface area contributed by atoms with Crippen molar-refractivity contribution in [1.29, 1.82) is 0 Å². The number of amides is 1. The Morgan fingerprint density at radius 3 is 2.68 bits per heavy atom. The quantitative estimate of drug-likeness (QED) is 0.722. The summed E-state index contributed by atoms with van der Waals surface area (Å²) in [6.45, 7) is 3.74. The van der Waals surface area contributed by atoms with E-state index in [1.54, 1.807) is 7.11 Å². The lowest BCUT2D eigenvalue weighted by molar-refractivity contribution is -0.116. The molecule has 0 aliphatic carbocycles. The molecule has 3 rings (SSSR count). The molecule has 0 saturated carbocycles. The normalized spacial score (nSPS) is 10.7. The van der Waals surface area contributed by atoms with Crippen LogP contribution in [0.2, 0.25) is 0 Å². The lowest BCUT2D eigenvalue weighted by Gasteiger charge is -2.02. The molecule has 0 saturated heterocycles. The predicted octanol–water partition coefficient (Wildman–Crippen LogP) is 3.99. The molecule has 2 aromatic heterocycles. The van der Waals surface area contributed by atoms with E-state index in [0.717, 1.165) is 34.0 Å². The average Bonchev–Trinajstić information content (AvgIpc) is 3.20. The molecule has 1 N–H and O–H groups in total. The van der Waals surface area contributed by atoms with Crippen LogP contribution < -0.4 is 10.1 Å². The zero-order valence-corrected chi connectivity index (χ0v) is 15.1. The van der Waals surface area contributed by atoms with Crippen molar-refractivity contribution in [3.05, 3.63) is 46.7 Å². The fourth-order valence-corrected chi connectivity index (χ4v) is 3.24. The molecular weight excluding hydrogens is 338 g/mol. The molecule has 0 atom stereocenters. The van der Waals surface area contributed by atoms with Crippen LogP contribution in [0.1, 0.15) is 23.4 Å². The van der Waals surface area contributed by atoms with E-state index < -0.39 is 0 Å². The summed E-state index contributed by atoms with van der Waals surface area (Å²) in [5.41, 5.74) is 3.64. The van der Waals surface area contributed by atoms with Gasteiger partial charge in [0.15, 0.2) is 5.13 Å². The number of rotatable bonds is 6. The minimum Gasteiger partial charge on any atom is -0.497 e. The second-order valence-corrected chi connectivity index (χ2v) is 6.48. The van der Waals surface area contributed by atoms with Crippen molar-refractivity contribution in [1.82, 2.24) is 10.1 Å². The second-order valence-electron chi connectivity index (χ2n) is 5.62. The van der Waals surface area contributed by atoms with Crippen LogP contribution in [0, 0.1) is 13.8 Å². The van der Waals surface area contributed by atoms with Gasteiger partial charge in [-0.1, -0.05) is 5.16 Å². The van der Waals surface area contributed by atoms with Gasteiger partial charge in [-0.2, -0.15) is 0 Å². The molecule has 130 valence electrons. The number of ether oxygens (including phenoxy) is 1. The lowest BCUT2D eigenvalue weighted by Crippen LogP contribution is -2.12. The molecule has 7 heteroatoms. The van der Waals surface area contributed by atoms with Crippen LogP contribution in [-0.2, 0) is 11.2 Å². The van der Waals surface area contributed by atoms with Crippen molar-refractivity contribution in [3.8, 4) is 17.0 Å². The van der Waals surface area contributed by atoms with Crippen LogP contribution in [0.15, 0.2) is 34.2 Å². The highest BCUT2D eigenvalue weighted by atomic mass is 32.1. The summed E-state index contributed by atoms with van der Waals surface area (Å²) in [6, 6.07) is 7.65. The Morgan fingerprint density at radius 2 is 2.04 bits per heavy atom. The van der Waals surface area contributed by atoms with E-state index in [9.17, 15) is 4.79 Å². The third-order valence-electron chi connectivity index (χ3n) is 3.92. The molecule has 0 spiro atoms. The number of carbonyl (C=O) groups excluding carboxylic acids is 1. The molecule has 0 aliphatic rings. The molecule has 0 radical (unpaired) electrons. The molecule has 3 aromatic rings. The number of aromatic nitrogens is 2. The van der Waals surface area contributed by atoms with E-state index in [4.69, 9.17) is 9.26 Å². The molecule has 0 bridgehead atoms. The summed E-state index contributed by atoms with van der Waals surface area (Å²) in [7, 11) is 1.63. The van der Waals surface area contributed by atoms with Crippen molar-refractivity contribution in [2.45, 2.75) is 26.7 Å². The van der Waals surface area contributed by atoms with E-state index in [0.29, 0.717) is 18.0 Å². The number of aryl methyl sites for hydroxylation is 2. The number of benzene rings is 1. The number of carbonyl (C=O) groups is 1. The smallest absolute Gasteiger partial charge is 0.226 e. The standard InChI is InChI=1S/C18H19N3O3S/c1-11-15(12(2)24-21-11)8-9-17(22)20-18-19-16(10-25-18)13-4-6-14(23-3)7-5-13/h4-7,10H,8-9H2,1-3H3,(H,19,20,22). The summed E-state index contributed by atoms with van der Waals surface area (Å²) in [4.78, 5) is 16.6. The molecule has 0 aliphatic heterocycles. The molecule has 2 heterocycles. The summed E-state index contributed by atoms with van der Waals surface area (Å²) in [5.74, 6) is 1.49. The molecule has 0 unspecified atom stereocenters. The predicted molar refractivity (Wildman–Crippen MR) is 97.0 cm³/mol. The van der Waals surface area contributed by atoms with Crippen LogP contribution in [0.3, 0.4) is 0 Å². The van der Waals surface area contributed by atoms with Gasteiger partial charge in [0.05, 0.1) is 18.5 Å². The van der Waals surface area contributed by atoms with Gasteiger partial charge in [-0.05, 0) is 44.5 Å². The molecule has 6 nitrogen and oxygen atoms in total. The summed E-state index contributed by atoms with van der Waals surface area (Å²) < 4.78 is 10.3. The minimum atomic E-state index is -0.0735. The molecule has 25 heavy (non-hydrogen) atoms. The highest BCUT2D eigenvalue weighted by Gasteiger charge is 2.12. The van der Waals surface area contributed by atoms with Crippen LogP contribution >= 0.6 is 11.3 Å². The van der Waals surface area contributed by atoms with E-state index >= 15 is 0 Å². The molecule has 0 fully saturated rings. The highest BCUT2D eigenvalue weighted by molar-refractivity contribution is 7.14. The first kappa shape index (κ1) is 17.2. The SMILES string of the molecule is COc1ccc(-c2csc(NC(=O)CCc3c(C)noc3C)n2)cc1. The van der Waals surface area contributed by atoms with Crippen molar-refractivity contribution >= 4 is 22.4 Å². The van der Waals surface area contributed by atoms with Gasteiger partial charge in [0.1, 0.15) is 11.5 Å². The Kier molecular flexibility index (Phi) is 5.14. The maximum absolute atomic E-state index is 12.1. The van der Waals surface area contributed by atoms with Crippen LogP contribution in [0.5, 0.6) is 5.75 Å². The van der Waals surface area contributed by atoms with Gasteiger partial charge in [0.25, 0.3) is 0 Å². The van der Waals surface area contributed by atoms with Crippen molar-refractivity contribution in [2.75, 3.05) is 12.4 Å². The lowest BCUT2D eigenvalue weighted by atomic mass is 10.1. The number of anilines is 1. The number of methoxy groups -OCH3 is 1. The zero-order valence-electron chi connectivity index (χ0n) is 14.3. The second kappa shape index (κ2) is 7.48. The van der Waals surface area contributed by atoms with E-state index in [2.05, 4.69) is 15.5 Å².